The highest BCUT2D eigenvalue weighted by molar-refractivity contribution is 6.15. The number of hydrogen-bond acceptors (Lipinski definition) is 0. The van der Waals surface area contributed by atoms with E-state index in [2.05, 4.69) is 11.6 Å². The van der Waals surface area contributed by atoms with Crippen LogP contribution in [0.4, 0.5) is 8.78 Å². The standard InChI is InChI=1S/C2H4F2.CH3Cl/c1-2(3)4;1-2/h2H,1H3;1H3. The highest BCUT2D eigenvalue weighted by Crippen LogP contribution is 1.82. The third-order valence-electron chi connectivity index (χ3n) is 0. The second kappa shape index (κ2) is 8.94. The molecule has 0 saturated heterocycles. The predicted molar refractivity (Wildman–Crippen MR) is 23.5 cm³/mol. The van der Waals surface area contributed by atoms with E-state index < -0.39 is 6.43 Å². The van der Waals surface area contributed by atoms with Crippen LogP contribution in [0.15, 0.2) is 0 Å². The van der Waals surface area contributed by atoms with Crippen molar-refractivity contribution in [3.05, 3.63) is 0 Å². The van der Waals surface area contributed by atoms with Crippen LogP contribution in [0.5, 0.6) is 0 Å². The fourth-order valence-electron chi connectivity index (χ4n) is 0. The SMILES string of the molecule is CC(F)F.CCl. The lowest BCUT2D eigenvalue weighted by molar-refractivity contribution is 0.171. The van der Waals surface area contributed by atoms with E-state index in [1.165, 1.54) is 6.38 Å². The largest absolute Gasteiger partial charge is 0.235 e. The molecule has 0 unspecified atom stereocenters. The third kappa shape index (κ3) is 1830. The van der Waals surface area contributed by atoms with Gasteiger partial charge in [0, 0.05) is 6.38 Å². The number of rotatable bonds is 0. The van der Waals surface area contributed by atoms with Crippen LogP contribution < -0.4 is 0 Å². The fourth-order valence-corrected chi connectivity index (χ4v) is 0. The van der Waals surface area contributed by atoms with E-state index in [9.17, 15) is 8.78 Å². The summed E-state index contributed by atoms with van der Waals surface area (Å²) in [6.45, 7) is 0.833. The zero-order valence-electron chi connectivity index (χ0n) is 3.71. The maximum atomic E-state index is 10.3. The van der Waals surface area contributed by atoms with Gasteiger partial charge in [0.2, 0.25) is 6.43 Å². The topological polar surface area (TPSA) is 0 Å². The minimum atomic E-state index is -2.17. The average Bonchev–Trinajstić information content (AvgIpc) is 1.41. The maximum Gasteiger partial charge on any atom is 0.235 e. The molecular weight excluding hydrogens is 109 g/mol. The lowest BCUT2D eigenvalue weighted by Crippen LogP contribution is -1.69. The average molecular weight is 117 g/mol. The van der Waals surface area contributed by atoms with E-state index in [0.29, 0.717) is 0 Å². The van der Waals surface area contributed by atoms with Gasteiger partial charge in [0.25, 0.3) is 0 Å². The molecular formula is C3H7ClF2. The van der Waals surface area contributed by atoms with Gasteiger partial charge in [-0.05, 0) is 6.92 Å². The van der Waals surface area contributed by atoms with Gasteiger partial charge in [-0.3, -0.25) is 0 Å². The van der Waals surface area contributed by atoms with Crippen molar-refractivity contribution in [2.24, 2.45) is 0 Å². The summed E-state index contributed by atoms with van der Waals surface area (Å²) in [5.41, 5.74) is 0. The van der Waals surface area contributed by atoms with E-state index in [0.717, 1.165) is 6.92 Å². The first kappa shape index (κ1) is 9.47. The Balaban J connectivity index is 0. The van der Waals surface area contributed by atoms with E-state index in [1.54, 1.807) is 0 Å². The van der Waals surface area contributed by atoms with E-state index in [1.807, 2.05) is 0 Å². The summed E-state index contributed by atoms with van der Waals surface area (Å²) in [7, 11) is 0. The normalized spacial score (nSPS) is 7.00. The van der Waals surface area contributed by atoms with Crippen LogP contribution in [0.3, 0.4) is 0 Å². The van der Waals surface area contributed by atoms with Crippen molar-refractivity contribution < 1.29 is 8.78 Å². The van der Waals surface area contributed by atoms with Gasteiger partial charge >= 0.3 is 0 Å². The Morgan fingerprint density at radius 3 is 1.33 bits per heavy atom. The molecule has 6 heavy (non-hydrogen) atoms. The summed E-state index contributed by atoms with van der Waals surface area (Å²) in [4.78, 5) is 0. The fraction of sp³-hybridized carbons (Fsp3) is 1.00. The lowest BCUT2D eigenvalue weighted by Gasteiger charge is -1.70. The Morgan fingerprint density at radius 1 is 1.33 bits per heavy atom. The van der Waals surface area contributed by atoms with Crippen LogP contribution in [-0.4, -0.2) is 12.8 Å². The van der Waals surface area contributed by atoms with Crippen LogP contribution in [0.1, 0.15) is 6.92 Å². The first-order valence-electron chi connectivity index (χ1n) is 1.39. The summed E-state index contributed by atoms with van der Waals surface area (Å²) in [5, 5.41) is 0. The van der Waals surface area contributed by atoms with Crippen LogP contribution in [0.25, 0.3) is 0 Å². The molecule has 0 nitrogen and oxygen atoms in total. The minimum absolute atomic E-state index is 0.833. The number of hydrogen-bond donors (Lipinski definition) is 0. The third-order valence-corrected chi connectivity index (χ3v) is 0. The van der Waals surface area contributed by atoms with E-state index in [-0.39, 0.29) is 0 Å². The van der Waals surface area contributed by atoms with Crippen LogP contribution in [0.2, 0.25) is 0 Å². The Hall–Kier alpha value is 0.150. The molecule has 0 atom stereocenters. The maximum absolute atomic E-state index is 10.3. The second-order valence-corrected chi connectivity index (χ2v) is 0.519. The Labute approximate surface area is 41.1 Å². The van der Waals surface area contributed by atoms with Crippen molar-refractivity contribution in [3.63, 3.8) is 0 Å². The summed E-state index contributed by atoms with van der Waals surface area (Å²) >= 11 is 4.64. The first-order chi connectivity index (χ1) is 2.73. The predicted octanol–water partition coefficient (Wildman–Crippen LogP) is 2.13. The van der Waals surface area contributed by atoms with Crippen molar-refractivity contribution >= 4 is 11.6 Å². The number of halogens is 3. The Morgan fingerprint density at radius 2 is 1.33 bits per heavy atom. The van der Waals surface area contributed by atoms with Gasteiger partial charge < -0.3 is 0 Å². The molecule has 0 amide bonds. The van der Waals surface area contributed by atoms with Gasteiger partial charge in [-0.2, -0.15) is 0 Å². The molecule has 0 radical (unpaired) electrons. The zero-order chi connectivity index (χ0) is 5.58. The molecule has 0 aromatic carbocycles. The first-order valence-corrected chi connectivity index (χ1v) is 2.15. The summed E-state index contributed by atoms with van der Waals surface area (Å²) in [6, 6.07) is 0. The van der Waals surface area contributed by atoms with Crippen LogP contribution in [-0.2, 0) is 0 Å². The molecule has 0 aliphatic heterocycles. The van der Waals surface area contributed by atoms with E-state index >= 15 is 0 Å². The van der Waals surface area contributed by atoms with Crippen molar-refractivity contribution in [1.82, 2.24) is 0 Å². The molecule has 0 aliphatic carbocycles. The molecule has 40 valence electrons. The quantitative estimate of drug-likeness (QED) is 0.426. The molecule has 0 bridgehead atoms. The summed E-state index contributed by atoms with van der Waals surface area (Å²) in [6.07, 6.45) is -0.694. The van der Waals surface area contributed by atoms with Crippen molar-refractivity contribution in [1.29, 1.82) is 0 Å². The smallest absolute Gasteiger partial charge is 0.211 e. The summed E-state index contributed by atoms with van der Waals surface area (Å²) < 4.78 is 20.7. The van der Waals surface area contributed by atoms with Crippen LogP contribution >= 0.6 is 11.6 Å². The summed E-state index contributed by atoms with van der Waals surface area (Å²) in [5.74, 6) is 0. The van der Waals surface area contributed by atoms with Crippen LogP contribution in [0, 0.1) is 0 Å². The second-order valence-electron chi connectivity index (χ2n) is 0.519. The molecule has 0 aliphatic rings. The Kier molecular flexibility index (Phi) is 14.1. The molecule has 3 heteroatoms. The van der Waals surface area contributed by atoms with Gasteiger partial charge in [-0.15, -0.1) is 11.6 Å². The van der Waals surface area contributed by atoms with Gasteiger partial charge in [-0.25, -0.2) is 8.78 Å². The van der Waals surface area contributed by atoms with Crippen molar-refractivity contribution in [3.8, 4) is 0 Å². The van der Waals surface area contributed by atoms with E-state index in [4.69, 9.17) is 0 Å². The highest BCUT2D eigenvalue weighted by atomic mass is 35.5. The minimum Gasteiger partial charge on any atom is -0.211 e. The lowest BCUT2D eigenvalue weighted by atomic mass is 10.9. The molecule has 0 aromatic rings. The molecule has 0 fully saturated rings. The zero-order valence-corrected chi connectivity index (χ0v) is 4.47. The van der Waals surface area contributed by atoms with Gasteiger partial charge in [0.1, 0.15) is 0 Å². The Bertz CT molecular complexity index is 13.5. The monoisotopic (exact) mass is 116 g/mol. The van der Waals surface area contributed by atoms with Gasteiger partial charge in [0.15, 0.2) is 0 Å². The highest BCUT2D eigenvalue weighted by Gasteiger charge is 1.79. The molecule has 0 saturated carbocycles. The molecule has 0 aromatic heterocycles. The van der Waals surface area contributed by atoms with Crippen molar-refractivity contribution in [2.45, 2.75) is 13.3 Å². The van der Waals surface area contributed by atoms with Gasteiger partial charge in [-0.1, -0.05) is 0 Å². The molecule has 0 rings (SSSR count). The molecule has 0 heterocycles. The number of alkyl halides is 3. The molecule has 0 N–H and O–H groups in total. The van der Waals surface area contributed by atoms with Gasteiger partial charge in [0.05, 0.1) is 0 Å². The molecule has 0 spiro atoms. The van der Waals surface area contributed by atoms with Crippen molar-refractivity contribution in [2.75, 3.05) is 6.38 Å².